The molecule has 0 atom stereocenters. The first-order chi connectivity index (χ1) is 14.7. The summed E-state index contributed by atoms with van der Waals surface area (Å²) >= 11 is 1.36. The molecule has 0 saturated carbocycles. The van der Waals surface area contributed by atoms with E-state index in [-0.39, 0.29) is 11.1 Å². The summed E-state index contributed by atoms with van der Waals surface area (Å²) in [5, 5.41) is 13.3. The van der Waals surface area contributed by atoms with Crippen LogP contribution in [-0.2, 0) is 5.75 Å². The second-order valence-electron chi connectivity index (χ2n) is 6.35. The molecule has 5 aromatic rings. The number of thioether (sulfide) groups is 1. The van der Waals surface area contributed by atoms with Gasteiger partial charge in [0.15, 0.2) is 0 Å². The molecule has 2 aromatic carbocycles. The zero-order chi connectivity index (χ0) is 20.5. The van der Waals surface area contributed by atoms with Crippen molar-refractivity contribution in [1.29, 1.82) is 0 Å². The van der Waals surface area contributed by atoms with E-state index in [0.717, 1.165) is 11.1 Å². The number of tetrazole rings is 1. The molecule has 0 amide bonds. The van der Waals surface area contributed by atoms with E-state index in [9.17, 15) is 4.79 Å². The maximum Gasteiger partial charge on any atom is 0.294 e. The van der Waals surface area contributed by atoms with E-state index in [2.05, 4.69) is 25.5 Å². The number of nitrogens with zero attached hydrogens (tertiary/aromatic N) is 5. The van der Waals surface area contributed by atoms with Gasteiger partial charge in [-0.2, -0.15) is 4.68 Å². The van der Waals surface area contributed by atoms with E-state index in [1.54, 1.807) is 4.68 Å². The third-order valence-corrected chi connectivity index (χ3v) is 5.38. The molecule has 30 heavy (non-hydrogen) atoms. The van der Waals surface area contributed by atoms with E-state index >= 15 is 0 Å². The number of ether oxygens (including phenoxy) is 1. The first-order valence-electron chi connectivity index (χ1n) is 9.28. The molecule has 0 bridgehead atoms. The highest BCUT2D eigenvalue weighted by molar-refractivity contribution is 7.98. The zero-order valence-corrected chi connectivity index (χ0v) is 16.7. The fourth-order valence-corrected chi connectivity index (χ4v) is 3.93. The first-order valence-corrected chi connectivity index (χ1v) is 10.3. The maximum atomic E-state index is 12.5. The average molecular weight is 420 g/mol. The normalized spacial score (nSPS) is 11.4. The maximum absolute atomic E-state index is 12.5. The summed E-state index contributed by atoms with van der Waals surface area (Å²) in [5.41, 5.74) is 1.83. The van der Waals surface area contributed by atoms with Crippen LogP contribution in [0, 0.1) is 0 Å². The summed E-state index contributed by atoms with van der Waals surface area (Å²) in [5.74, 6) is 1.57. The van der Waals surface area contributed by atoms with Crippen molar-refractivity contribution in [1.82, 2.24) is 30.2 Å². The second kappa shape index (κ2) is 7.64. The molecule has 0 radical (unpaired) electrons. The van der Waals surface area contributed by atoms with Crippen LogP contribution in [0.1, 0.15) is 12.7 Å². The Balaban J connectivity index is 1.47. The van der Waals surface area contributed by atoms with Crippen molar-refractivity contribution >= 4 is 33.8 Å². The summed E-state index contributed by atoms with van der Waals surface area (Å²) in [4.78, 5) is 19.9. The minimum absolute atomic E-state index is 0.223. The van der Waals surface area contributed by atoms with Crippen LogP contribution in [0.4, 0.5) is 0 Å². The van der Waals surface area contributed by atoms with Crippen molar-refractivity contribution < 1.29 is 9.15 Å². The lowest BCUT2D eigenvalue weighted by Crippen LogP contribution is -2.10. The van der Waals surface area contributed by atoms with Crippen molar-refractivity contribution in [3.63, 3.8) is 0 Å². The van der Waals surface area contributed by atoms with Crippen LogP contribution < -0.4 is 10.3 Å². The molecule has 0 aliphatic carbocycles. The predicted octanol–water partition coefficient (Wildman–Crippen LogP) is 3.34. The number of rotatable bonds is 6. The second-order valence-corrected chi connectivity index (χ2v) is 7.29. The molecule has 0 aliphatic rings. The van der Waals surface area contributed by atoms with E-state index < -0.39 is 0 Å². The number of nitrogens with one attached hydrogen (secondary N) is 1. The van der Waals surface area contributed by atoms with Gasteiger partial charge in [-0.25, -0.2) is 4.98 Å². The highest BCUT2D eigenvalue weighted by Gasteiger charge is 2.16. The Morgan fingerprint density at radius 2 is 2.00 bits per heavy atom. The number of aromatic amines is 1. The Labute approximate surface area is 174 Å². The largest absolute Gasteiger partial charge is 0.492 e. The fourth-order valence-electron chi connectivity index (χ4n) is 3.18. The van der Waals surface area contributed by atoms with Gasteiger partial charge in [0.2, 0.25) is 10.7 Å². The van der Waals surface area contributed by atoms with Gasteiger partial charge in [-0.3, -0.25) is 4.79 Å². The Bertz CT molecular complexity index is 1410. The molecule has 0 spiro atoms. The molecular weight excluding hydrogens is 404 g/mol. The summed E-state index contributed by atoms with van der Waals surface area (Å²) < 4.78 is 12.9. The van der Waals surface area contributed by atoms with Crippen LogP contribution in [0.5, 0.6) is 5.75 Å². The van der Waals surface area contributed by atoms with E-state index in [4.69, 9.17) is 9.15 Å². The van der Waals surface area contributed by atoms with Crippen molar-refractivity contribution in [2.75, 3.05) is 6.61 Å². The van der Waals surface area contributed by atoms with Crippen molar-refractivity contribution in [3.8, 4) is 11.4 Å². The van der Waals surface area contributed by atoms with Gasteiger partial charge in [-0.05, 0) is 41.6 Å². The fraction of sp³-hybridized carbons (Fsp3) is 0.150. The zero-order valence-electron chi connectivity index (χ0n) is 15.9. The van der Waals surface area contributed by atoms with Gasteiger partial charge in [0.25, 0.3) is 5.56 Å². The van der Waals surface area contributed by atoms with Gasteiger partial charge in [-0.15, -0.1) is 5.10 Å². The lowest BCUT2D eigenvalue weighted by Gasteiger charge is -2.10. The van der Waals surface area contributed by atoms with Gasteiger partial charge in [0.05, 0.1) is 12.4 Å². The lowest BCUT2D eigenvalue weighted by atomic mass is 10.2. The van der Waals surface area contributed by atoms with Crippen LogP contribution in [0.2, 0.25) is 0 Å². The molecule has 9 nitrogen and oxygen atoms in total. The summed E-state index contributed by atoms with van der Waals surface area (Å²) in [6.07, 6.45) is 0. The van der Waals surface area contributed by atoms with Crippen LogP contribution in [0.3, 0.4) is 0 Å². The third-order valence-electron chi connectivity index (χ3n) is 4.45. The first kappa shape index (κ1) is 18.4. The summed E-state index contributed by atoms with van der Waals surface area (Å²) in [6, 6.07) is 15.0. The lowest BCUT2D eigenvalue weighted by molar-refractivity contribution is 0.337. The van der Waals surface area contributed by atoms with Crippen molar-refractivity contribution in [3.05, 3.63) is 64.7 Å². The number of fused-ring (bicyclic) bond motifs is 3. The van der Waals surface area contributed by atoms with Gasteiger partial charge in [0, 0.05) is 5.39 Å². The minimum Gasteiger partial charge on any atom is -0.492 e. The van der Waals surface area contributed by atoms with E-state index in [1.165, 1.54) is 11.8 Å². The molecule has 0 unspecified atom stereocenters. The number of para-hydroxylation sites is 3. The summed E-state index contributed by atoms with van der Waals surface area (Å²) in [6.45, 7) is 2.45. The highest BCUT2D eigenvalue weighted by atomic mass is 32.2. The van der Waals surface area contributed by atoms with Gasteiger partial charge in [-0.1, -0.05) is 36.0 Å². The van der Waals surface area contributed by atoms with Crippen LogP contribution in [0.25, 0.3) is 27.8 Å². The number of aromatic nitrogens is 6. The molecule has 0 fully saturated rings. The highest BCUT2D eigenvalue weighted by Crippen LogP contribution is 2.28. The standard InChI is InChI=1S/C20H16N6O3S/c1-2-28-15-10-6-4-8-13(15)26-20(23-24-25-26)30-11-16-21-17-12-7-3-5-9-14(12)29-18(17)19(27)22-16/h3-10H,2,11H2,1H3,(H,21,22,27). The van der Waals surface area contributed by atoms with E-state index in [1.807, 2.05) is 55.5 Å². The molecule has 3 heterocycles. The molecule has 0 saturated heterocycles. The van der Waals surface area contributed by atoms with Crippen LogP contribution in [0.15, 0.2) is 62.9 Å². The smallest absolute Gasteiger partial charge is 0.294 e. The number of furan rings is 1. The SMILES string of the molecule is CCOc1ccccc1-n1nnnc1SCc1nc2c(oc3ccccc32)c(=O)[nH]1. The number of hydrogen-bond donors (Lipinski definition) is 1. The van der Waals surface area contributed by atoms with E-state index in [0.29, 0.717) is 40.2 Å². The predicted molar refractivity (Wildman–Crippen MR) is 112 cm³/mol. The monoisotopic (exact) mass is 420 g/mol. The Kier molecular flexibility index (Phi) is 4.68. The number of hydrogen-bond acceptors (Lipinski definition) is 8. The Morgan fingerprint density at radius 1 is 1.17 bits per heavy atom. The average Bonchev–Trinajstić information content (AvgIpc) is 3.38. The van der Waals surface area contributed by atoms with Crippen molar-refractivity contribution in [2.45, 2.75) is 17.8 Å². The molecule has 10 heteroatoms. The molecular formula is C20H16N6O3S. The molecule has 3 aromatic heterocycles. The molecule has 150 valence electrons. The molecule has 0 aliphatic heterocycles. The quantitative estimate of drug-likeness (QED) is 0.416. The van der Waals surface area contributed by atoms with Crippen LogP contribution in [-0.4, -0.2) is 36.8 Å². The topological polar surface area (TPSA) is 112 Å². The number of benzene rings is 2. The summed E-state index contributed by atoms with van der Waals surface area (Å²) in [7, 11) is 0. The Hall–Kier alpha value is -3.66. The molecule has 5 rings (SSSR count). The number of H-pyrrole nitrogens is 1. The van der Waals surface area contributed by atoms with Gasteiger partial charge >= 0.3 is 0 Å². The van der Waals surface area contributed by atoms with Gasteiger partial charge < -0.3 is 14.1 Å². The van der Waals surface area contributed by atoms with Crippen LogP contribution >= 0.6 is 11.8 Å². The van der Waals surface area contributed by atoms with Crippen molar-refractivity contribution in [2.24, 2.45) is 0 Å². The van der Waals surface area contributed by atoms with Gasteiger partial charge in [0.1, 0.15) is 28.4 Å². The third kappa shape index (κ3) is 3.20. The Morgan fingerprint density at radius 3 is 2.90 bits per heavy atom. The molecule has 1 N–H and O–H groups in total. The minimum atomic E-state index is -0.312.